The lowest BCUT2D eigenvalue weighted by Gasteiger charge is -2.24. The predicted molar refractivity (Wildman–Crippen MR) is 72.3 cm³/mol. The number of aryl methyl sites for hydroxylation is 1. The van der Waals surface area contributed by atoms with Gasteiger partial charge in [0.15, 0.2) is 0 Å². The van der Waals surface area contributed by atoms with Gasteiger partial charge in [-0.1, -0.05) is 0 Å². The van der Waals surface area contributed by atoms with Crippen molar-refractivity contribution in [3.63, 3.8) is 0 Å². The van der Waals surface area contributed by atoms with Gasteiger partial charge in [-0.25, -0.2) is 18.1 Å². The first-order valence-corrected chi connectivity index (χ1v) is 8.05. The van der Waals surface area contributed by atoms with Crippen LogP contribution in [0.4, 0.5) is 0 Å². The van der Waals surface area contributed by atoms with Crippen molar-refractivity contribution in [3.8, 4) is 0 Å². The van der Waals surface area contributed by atoms with Crippen molar-refractivity contribution in [3.05, 3.63) is 18.2 Å². The fourth-order valence-corrected chi connectivity index (χ4v) is 3.36. The number of sulfonamides is 1. The lowest BCUT2D eigenvalue weighted by Crippen LogP contribution is -2.39. The van der Waals surface area contributed by atoms with Gasteiger partial charge in [0, 0.05) is 39.0 Å². The van der Waals surface area contributed by atoms with E-state index >= 15 is 0 Å². The largest absolute Gasteiger partial charge is 0.383 e. The first kappa shape index (κ1) is 14.5. The highest BCUT2D eigenvalue weighted by atomic mass is 32.2. The van der Waals surface area contributed by atoms with Crippen LogP contribution in [0.2, 0.25) is 0 Å². The van der Waals surface area contributed by atoms with Gasteiger partial charge in [-0.3, -0.25) is 0 Å². The van der Waals surface area contributed by atoms with E-state index in [-0.39, 0.29) is 6.61 Å². The monoisotopic (exact) mass is 287 g/mol. The molecule has 0 unspecified atom stereocenters. The third-order valence-electron chi connectivity index (χ3n) is 3.56. The molecule has 0 saturated carbocycles. The normalized spacial score (nSPS) is 21.1. The average molecular weight is 287 g/mol. The van der Waals surface area contributed by atoms with Crippen LogP contribution >= 0.6 is 0 Å². The maximum Gasteiger partial charge on any atom is 0.216 e. The van der Waals surface area contributed by atoms with E-state index in [1.807, 2.05) is 6.20 Å². The lowest BCUT2D eigenvalue weighted by atomic mass is 9.98. The third-order valence-corrected chi connectivity index (χ3v) is 5.32. The molecule has 0 aliphatic carbocycles. The van der Waals surface area contributed by atoms with Crippen molar-refractivity contribution in [1.29, 1.82) is 0 Å². The highest BCUT2D eigenvalue weighted by Gasteiger charge is 2.24. The summed E-state index contributed by atoms with van der Waals surface area (Å²) in [7, 11) is -1.78. The molecule has 2 rings (SSSR count). The summed E-state index contributed by atoms with van der Waals surface area (Å²) in [6.07, 6.45) is 5.57. The fourth-order valence-electron chi connectivity index (χ4n) is 2.29. The van der Waals surface area contributed by atoms with Crippen molar-refractivity contribution in [2.45, 2.75) is 31.6 Å². The molecular weight excluding hydrogens is 266 g/mol. The van der Waals surface area contributed by atoms with Crippen LogP contribution in [-0.2, 0) is 27.7 Å². The minimum Gasteiger partial charge on any atom is -0.383 e. The SMILES string of the molecule is COC[C@@H](C)S(=O)(=O)NC[C@H]1CCn2ccnc2C1. The van der Waals surface area contributed by atoms with E-state index in [2.05, 4.69) is 14.3 Å². The number of hydrogen-bond donors (Lipinski definition) is 1. The van der Waals surface area contributed by atoms with Crippen LogP contribution in [0.15, 0.2) is 12.4 Å². The number of hydrogen-bond acceptors (Lipinski definition) is 4. The van der Waals surface area contributed by atoms with Crippen LogP contribution in [0.5, 0.6) is 0 Å². The topological polar surface area (TPSA) is 73.2 Å². The molecule has 0 aromatic carbocycles. The van der Waals surface area contributed by atoms with E-state index in [0.717, 1.165) is 25.2 Å². The van der Waals surface area contributed by atoms with Crippen molar-refractivity contribution in [2.24, 2.45) is 5.92 Å². The molecule has 108 valence electrons. The van der Waals surface area contributed by atoms with Crippen molar-refractivity contribution >= 4 is 10.0 Å². The van der Waals surface area contributed by atoms with Crippen molar-refractivity contribution in [2.75, 3.05) is 20.3 Å². The minimum atomic E-state index is -3.29. The third kappa shape index (κ3) is 3.55. The average Bonchev–Trinajstić information content (AvgIpc) is 2.84. The molecule has 1 N–H and O–H groups in total. The standard InChI is InChI=1S/C12H21N3O3S/c1-10(9-18-2)19(16,17)14-8-11-3-5-15-6-4-13-12(15)7-11/h4,6,10-11,14H,3,5,7-9H2,1-2H3/t10-,11+/m1/s1. The van der Waals surface area contributed by atoms with E-state index in [1.54, 1.807) is 13.1 Å². The number of methoxy groups -OCH3 is 1. The molecule has 2 heterocycles. The molecule has 7 heteroatoms. The second-order valence-electron chi connectivity index (χ2n) is 5.06. The Morgan fingerprint density at radius 3 is 3.16 bits per heavy atom. The molecule has 2 atom stereocenters. The van der Waals surface area contributed by atoms with Gasteiger partial charge in [0.1, 0.15) is 5.82 Å². The Morgan fingerprint density at radius 2 is 2.42 bits per heavy atom. The smallest absolute Gasteiger partial charge is 0.216 e. The summed E-state index contributed by atoms with van der Waals surface area (Å²) in [5.74, 6) is 1.36. The zero-order chi connectivity index (χ0) is 13.9. The molecule has 1 aromatic rings. The van der Waals surface area contributed by atoms with E-state index in [4.69, 9.17) is 4.74 Å². The molecule has 0 bridgehead atoms. The Balaban J connectivity index is 1.87. The zero-order valence-electron chi connectivity index (χ0n) is 11.4. The first-order valence-electron chi connectivity index (χ1n) is 6.50. The van der Waals surface area contributed by atoms with E-state index in [0.29, 0.717) is 12.5 Å². The number of nitrogens with one attached hydrogen (secondary N) is 1. The Labute approximate surface area is 114 Å². The van der Waals surface area contributed by atoms with Crippen LogP contribution in [-0.4, -0.2) is 43.5 Å². The predicted octanol–water partition coefficient (Wildman–Crippen LogP) is 0.400. The maximum atomic E-state index is 11.9. The van der Waals surface area contributed by atoms with Crippen LogP contribution in [0, 0.1) is 5.92 Å². The maximum absolute atomic E-state index is 11.9. The lowest BCUT2D eigenvalue weighted by molar-refractivity contribution is 0.200. The van der Waals surface area contributed by atoms with E-state index in [9.17, 15) is 8.42 Å². The van der Waals surface area contributed by atoms with Gasteiger partial charge < -0.3 is 9.30 Å². The summed E-state index contributed by atoms with van der Waals surface area (Å²) >= 11 is 0. The molecule has 0 amide bonds. The number of aromatic nitrogens is 2. The minimum absolute atomic E-state index is 0.213. The molecule has 1 aliphatic rings. The second-order valence-corrected chi connectivity index (χ2v) is 7.24. The van der Waals surface area contributed by atoms with Gasteiger partial charge in [0.25, 0.3) is 0 Å². The molecular formula is C12H21N3O3S. The molecule has 1 aromatic heterocycles. The summed E-state index contributed by atoms with van der Waals surface area (Å²) in [5.41, 5.74) is 0. The first-order chi connectivity index (χ1) is 9.03. The quantitative estimate of drug-likeness (QED) is 0.822. The van der Waals surface area contributed by atoms with Crippen LogP contribution in [0.25, 0.3) is 0 Å². The molecule has 0 fully saturated rings. The highest BCUT2D eigenvalue weighted by molar-refractivity contribution is 7.90. The Hall–Kier alpha value is -0.920. The number of fused-ring (bicyclic) bond motifs is 1. The van der Waals surface area contributed by atoms with Gasteiger partial charge in [-0.2, -0.15) is 0 Å². The Bertz CT molecular complexity index is 512. The number of imidazole rings is 1. The molecule has 0 spiro atoms. The number of ether oxygens (including phenoxy) is 1. The second kappa shape index (κ2) is 6.02. The van der Waals surface area contributed by atoms with Gasteiger partial charge in [-0.15, -0.1) is 0 Å². The Morgan fingerprint density at radius 1 is 1.63 bits per heavy atom. The number of rotatable bonds is 6. The summed E-state index contributed by atoms with van der Waals surface area (Å²) in [5, 5.41) is -0.525. The van der Waals surface area contributed by atoms with Crippen LogP contribution in [0.3, 0.4) is 0 Å². The Kier molecular flexibility index (Phi) is 4.59. The number of nitrogens with zero attached hydrogens (tertiary/aromatic N) is 2. The molecule has 6 nitrogen and oxygen atoms in total. The van der Waals surface area contributed by atoms with Gasteiger partial charge in [0.2, 0.25) is 10.0 Å². The van der Waals surface area contributed by atoms with E-state index < -0.39 is 15.3 Å². The van der Waals surface area contributed by atoms with Crippen LogP contribution < -0.4 is 4.72 Å². The van der Waals surface area contributed by atoms with Gasteiger partial charge in [0.05, 0.1) is 11.9 Å². The molecule has 19 heavy (non-hydrogen) atoms. The summed E-state index contributed by atoms with van der Waals surface area (Å²) in [4.78, 5) is 4.28. The summed E-state index contributed by atoms with van der Waals surface area (Å²) in [6.45, 7) is 3.25. The molecule has 0 radical (unpaired) electrons. The van der Waals surface area contributed by atoms with Gasteiger partial charge >= 0.3 is 0 Å². The zero-order valence-corrected chi connectivity index (χ0v) is 12.2. The highest BCUT2D eigenvalue weighted by Crippen LogP contribution is 2.18. The summed E-state index contributed by atoms with van der Waals surface area (Å²) in [6, 6.07) is 0. The van der Waals surface area contributed by atoms with Crippen molar-refractivity contribution in [1.82, 2.24) is 14.3 Å². The van der Waals surface area contributed by atoms with E-state index in [1.165, 1.54) is 7.11 Å². The van der Waals surface area contributed by atoms with Crippen molar-refractivity contribution < 1.29 is 13.2 Å². The fraction of sp³-hybridized carbons (Fsp3) is 0.750. The molecule has 0 saturated heterocycles. The summed E-state index contributed by atoms with van der Waals surface area (Å²) < 4.78 is 33.6. The van der Waals surface area contributed by atoms with Gasteiger partial charge in [-0.05, 0) is 19.3 Å². The molecule has 1 aliphatic heterocycles. The van der Waals surface area contributed by atoms with Crippen LogP contribution in [0.1, 0.15) is 19.2 Å².